The van der Waals surface area contributed by atoms with Crippen molar-refractivity contribution in [2.24, 2.45) is 4.99 Å². The molecule has 0 aliphatic rings. The number of H-pyrrole nitrogens is 1. The van der Waals surface area contributed by atoms with E-state index in [0.29, 0.717) is 17.9 Å². The van der Waals surface area contributed by atoms with Gasteiger partial charge in [-0.2, -0.15) is 10.3 Å². The third-order valence-corrected chi connectivity index (χ3v) is 6.77. The fourth-order valence-corrected chi connectivity index (χ4v) is 4.68. The predicted octanol–water partition coefficient (Wildman–Crippen LogP) is 6.54. The molecule has 0 fully saturated rings. The second-order valence-corrected chi connectivity index (χ2v) is 10.5. The number of hydrogen-bond donors (Lipinski definition) is 3. The van der Waals surface area contributed by atoms with Crippen LogP contribution in [0.25, 0.3) is 27.8 Å². The molecule has 3 N–H and O–H groups in total. The number of carbonyl (C=O) groups excluding carboxylic acids is 1. The number of nitrogens with one attached hydrogen (secondary N) is 2. The molecule has 4 aromatic carbocycles. The molecule has 1 aromatic heterocycles. The van der Waals surface area contributed by atoms with Gasteiger partial charge < -0.3 is 20.1 Å². The monoisotopic (exact) mass is 558 g/mol. The first-order valence-corrected chi connectivity index (χ1v) is 13.7. The molecule has 1 heterocycles. The van der Waals surface area contributed by atoms with E-state index in [-0.39, 0.29) is 12.1 Å². The number of fused-ring (bicyclic) bond motifs is 2. The van der Waals surface area contributed by atoms with Crippen molar-refractivity contribution in [3.8, 4) is 11.8 Å². The van der Waals surface area contributed by atoms with Crippen LogP contribution in [0.15, 0.2) is 108 Å². The first-order chi connectivity index (χ1) is 20.4. The van der Waals surface area contributed by atoms with Crippen molar-refractivity contribution in [2.75, 3.05) is 13.2 Å². The van der Waals surface area contributed by atoms with Gasteiger partial charge in [-0.3, -0.25) is 0 Å². The van der Waals surface area contributed by atoms with E-state index in [0.717, 1.165) is 22.9 Å². The van der Waals surface area contributed by atoms with Crippen LogP contribution in [-0.2, 0) is 11.2 Å². The standard InChI is InChI=1S/C22H25N3O2.C13H9NO/c1-22(2,11-17-13-24-20-9-5-4-8-19(17)20)25-14-18(26)15-27-21-10-6-3-7-16(21)12-23;15-10-14-9-8-12-6-3-5-11-4-1-2-7-13(11)12/h3-10,13,18,24-26H,11,14-15H2,1-2H3;1-9H/b;9-8+. The summed E-state index contributed by atoms with van der Waals surface area (Å²) < 4.78 is 5.60. The molecular formula is C35H34N4O3. The lowest BCUT2D eigenvalue weighted by Gasteiger charge is -2.28. The van der Waals surface area contributed by atoms with Gasteiger partial charge >= 0.3 is 0 Å². The van der Waals surface area contributed by atoms with Crippen molar-refractivity contribution in [1.82, 2.24) is 10.3 Å². The summed E-state index contributed by atoms with van der Waals surface area (Å²) in [5, 5.41) is 26.3. The average Bonchev–Trinajstić information content (AvgIpc) is 3.41. The Morgan fingerprint density at radius 2 is 1.71 bits per heavy atom. The van der Waals surface area contributed by atoms with Crippen LogP contribution in [-0.4, -0.2) is 41.0 Å². The molecule has 42 heavy (non-hydrogen) atoms. The van der Waals surface area contributed by atoms with E-state index < -0.39 is 6.10 Å². The first kappa shape index (κ1) is 30.0. The van der Waals surface area contributed by atoms with Gasteiger partial charge in [0.15, 0.2) is 0 Å². The Kier molecular flexibility index (Phi) is 10.4. The van der Waals surface area contributed by atoms with Gasteiger partial charge in [0.05, 0.1) is 5.56 Å². The molecule has 212 valence electrons. The molecular weight excluding hydrogens is 524 g/mol. The zero-order valence-electron chi connectivity index (χ0n) is 23.7. The van der Waals surface area contributed by atoms with Crippen LogP contribution in [0.2, 0.25) is 0 Å². The number of aromatic nitrogens is 1. The molecule has 0 saturated heterocycles. The fourth-order valence-electron chi connectivity index (χ4n) is 4.68. The largest absolute Gasteiger partial charge is 0.489 e. The summed E-state index contributed by atoms with van der Waals surface area (Å²) in [6, 6.07) is 31.5. The molecule has 1 atom stereocenters. The highest BCUT2D eigenvalue weighted by molar-refractivity contribution is 5.90. The average molecular weight is 559 g/mol. The number of para-hydroxylation sites is 2. The second-order valence-electron chi connectivity index (χ2n) is 10.5. The Bertz CT molecular complexity index is 1740. The van der Waals surface area contributed by atoms with Gasteiger partial charge in [0.2, 0.25) is 6.08 Å². The van der Waals surface area contributed by atoms with Crippen LogP contribution in [0.4, 0.5) is 0 Å². The molecule has 5 aromatic rings. The summed E-state index contributed by atoms with van der Waals surface area (Å²) in [7, 11) is 0. The number of isocyanates is 1. The maximum absolute atomic E-state index is 10.3. The van der Waals surface area contributed by atoms with E-state index in [1.54, 1.807) is 24.3 Å². The van der Waals surface area contributed by atoms with E-state index in [1.807, 2.05) is 54.7 Å². The number of nitriles is 1. The lowest BCUT2D eigenvalue weighted by atomic mass is 9.94. The minimum absolute atomic E-state index is 0.134. The molecule has 7 heteroatoms. The minimum atomic E-state index is -0.668. The Balaban J connectivity index is 0.000000227. The maximum Gasteiger partial charge on any atom is 0.239 e. The molecule has 1 unspecified atom stereocenters. The number of rotatable bonds is 10. The zero-order valence-corrected chi connectivity index (χ0v) is 23.7. The third-order valence-electron chi connectivity index (χ3n) is 6.77. The van der Waals surface area contributed by atoms with E-state index in [2.05, 4.69) is 59.5 Å². The maximum atomic E-state index is 10.3. The molecule has 7 nitrogen and oxygen atoms in total. The van der Waals surface area contributed by atoms with Gasteiger partial charge in [0, 0.05) is 35.4 Å². The lowest BCUT2D eigenvalue weighted by Crippen LogP contribution is -2.46. The van der Waals surface area contributed by atoms with Crippen LogP contribution in [0.5, 0.6) is 5.75 Å². The van der Waals surface area contributed by atoms with Crippen LogP contribution in [0, 0.1) is 11.3 Å². The summed E-state index contributed by atoms with van der Waals surface area (Å²) >= 11 is 0. The van der Waals surface area contributed by atoms with Crippen molar-refractivity contribution in [1.29, 1.82) is 5.26 Å². The van der Waals surface area contributed by atoms with E-state index >= 15 is 0 Å². The molecule has 0 spiro atoms. The van der Waals surface area contributed by atoms with Gasteiger partial charge in [-0.1, -0.05) is 72.8 Å². The third kappa shape index (κ3) is 8.26. The van der Waals surface area contributed by atoms with Crippen LogP contribution < -0.4 is 10.1 Å². The highest BCUT2D eigenvalue weighted by Gasteiger charge is 2.21. The summed E-state index contributed by atoms with van der Waals surface area (Å²) in [5.41, 5.74) is 3.71. The number of hydrogen-bond acceptors (Lipinski definition) is 6. The predicted molar refractivity (Wildman–Crippen MR) is 168 cm³/mol. The van der Waals surface area contributed by atoms with Crippen molar-refractivity contribution >= 4 is 33.8 Å². The van der Waals surface area contributed by atoms with Gasteiger partial charge in [-0.05, 0) is 66.4 Å². The zero-order chi connectivity index (χ0) is 29.8. The quantitative estimate of drug-likeness (QED) is 0.133. The minimum Gasteiger partial charge on any atom is -0.489 e. The van der Waals surface area contributed by atoms with Crippen LogP contribution in [0.3, 0.4) is 0 Å². The van der Waals surface area contributed by atoms with Gasteiger partial charge in [0.1, 0.15) is 24.5 Å². The molecule has 0 aliphatic carbocycles. The number of ether oxygens (including phenoxy) is 1. The van der Waals surface area contributed by atoms with Crippen molar-refractivity contribution in [3.05, 3.63) is 120 Å². The SMILES string of the molecule is CC(C)(Cc1c[nH]c2ccccc12)NCC(O)COc1ccccc1C#N.O=C=N/C=C/c1cccc2ccccc12. The summed E-state index contributed by atoms with van der Waals surface area (Å²) in [6.07, 6.45) is 6.94. The molecule has 0 radical (unpaired) electrons. The van der Waals surface area contributed by atoms with Crippen molar-refractivity contribution in [2.45, 2.75) is 31.9 Å². The molecule has 0 bridgehead atoms. The Morgan fingerprint density at radius 1 is 1.00 bits per heavy atom. The van der Waals surface area contributed by atoms with Gasteiger partial charge in [-0.15, -0.1) is 0 Å². The molecule has 0 saturated carbocycles. The smallest absolute Gasteiger partial charge is 0.239 e. The highest BCUT2D eigenvalue weighted by atomic mass is 16.5. The van der Waals surface area contributed by atoms with Gasteiger partial charge in [0.25, 0.3) is 0 Å². The summed E-state index contributed by atoms with van der Waals surface area (Å²) in [5.74, 6) is 0.497. The van der Waals surface area contributed by atoms with Crippen molar-refractivity contribution < 1.29 is 14.6 Å². The Hall–Kier alpha value is -4.99. The second kappa shape index (κ2) is 14.6. The highest BCUT2D eigenvalue weighted by Crippen LogP contribution is 2.23. The lowest BCUT2D eigenvalue weighted by molar-refractivity contribution is 0.0987. The Labute approximate surface area is 245 Å². The summed E-state index contributed by atoms with van der Waals surface area (Å²) in [6.45, 7) is 4.78. The van der Waals surface area contributed by atoms with E-state index in [1.165, 1.54) is 28.6 Å². The number of aliphatic hydroxyl groups is 1. The molecule has 5 rings (SSSR count). The first-order valence-electron chi connectivity index (χ1n) is 13.7. The topological polar surface area (TPSA) is 110 Å². The number of aromatic amines is 1. The number of β-amino-alcohol motifs (C(OH)–C–C–N with tert-alkyl or cyclic N) is 1. The number of aliphatic hydroxyl groups excluding tert-OH is 1. The normalized spacial score (nSPS) is 11.9. The number of nitrogens with zero attached hydrogens (tertiary/aromatic N) is 2. The Morgan fingerprint density at radius 3 is 2.52 bits per heavy atom. The molecule has 0 amide bonds. The van der Waals surface area contributed by atoms with Crippen LogP contribution >= 0.6 is 0 Å². The van der Waals surface area contributed by atoms with Gasteiger partial charge in [-0.25, -0.2) is 4.79 Å². The van der Waals surface area contributed by atoms with E-state index in [9.17, 15) is 9.90 Å². The molecule has 0 aliphatic heterocycles. The van der Waals surface area contributed by atoms with Crippen LogP contribution in [0.1, 0.15) is 30.5 Å². The summed E-state index contributed by atoms with van der Waals surface area (Å²) in [4.78, 5) is 16.6. The number of aliphatic imine (C=N–C) groups is 1. The van der Waals surface area contributed by atoms with E-state index in [4.69, 9.17) is 10.00 Å². The fraction of sp³-hybridized carbons (Fsp3) is 0.200. The van der Waals surface area contributed by atoms with Crippen molar-refractivity contribution in [3.63, 3.8) is 0 Å². The number of benzene rings is 4.